The lowest BCUT2D eigenvalue weighted by Gasteiger charge is -2.19. The van der Waals surface area contributed by atoms with Crippen molar-refractivity contribution in [3.05, 3.63) is 23.8 Å². The van der Waals surface area contributed by atoms with Crippen LogP contribution in [0.3, 0.4) is 0 Å². The van der Waals surface area contributed by atoms with Gasteiger partial charge in [-0.25, -0.2) is 0 Å². The minimum Gasteiger partial charge on any atom is -0.385 e. The van der Waals surface area contributed by atoms with E-state index in [1.165, 1.54) is 11.3 Å². The number of hydrogen-bond donors (Lipinski definition) is 2. The summed E-state index contributed by atoms with van der Waals surface area (Å²) in [4.78, 5) is 11.9. The van der Waals surface area contributed by atoms with Gasteiger partial charge in [-0.05, 0) is 36.6 Å². The summed E-state index contributed by atoms with van der Waals surface area (Å²) in [6.45, 7) is 3.33. The number of carbonyl (C=O) groups is 1. The maximum Gasteiger partial charge on any atom is 0.229 e. The quantitative estimate of drug-likeness (QED) is 0.859. The second kappa shape index (κ2) is 5.87. The number of benzene rings is 1. The van der Waals surface area contributed by atoms with Crippen molar-refractivity contribution in [2.75, 3.05) is 30.9 Å². The van der Waals surface area contributed by atoms with Gasteiger partial charge in [-0.2, -0.15) is 0 Å². The molecule has 0 aliphatic carbocycles. The van der Waals surface area contributed by atoms with Crippen molar-refractivity contribution in [3.63, 3.8) is 0 Å². The van der Waals surface area contributed by atoms with Crippen molar-refractivity contribution in [1.29, 1.82) is 0 Å². The van der Waals surface area contributed by atoms with Crippen LogP contribution in [0.1, 0.15) is 18.9 Å². The van der Waals surface area contributed by atoms with E-state index in [0.29, 0.717) is 6.61 Å². The fourth-order valence-electron chi connectivity index (χ4n) is 2.14. The summed E-state index contributed by atoms with van der Waals surface area (Å²) in [6.07, 6.45) is 2.21. The molecular weight excluding hydrogens is 228 g/mol. The van der Waals surface area contributed by atoms with Crippen LogP contribution in [0.4, 0.5) is 11.4 Å². The molecule has 0 radical (unpaired) electrons. The summed E-state index contributed by atoms with van der Waals surface area (Å²) in [6, 6.07) is 6.03. The summed E-state index contributed by atoms with van der Waals surface area (Å²) in [5.74, 6) is -0.135. The van der Waals surface area contributed by atoms with Crippen molar-refractivity contribution >= 4 is 17.3 Å². The standard InChI is InChI=1S/C14H20N2O2/c1-10(9-18-2)14(17)16-12-5-6-13-11(8-12)4-3-7-15-13/h5-6,8,10,15H,3-4,7,9H2,1-2H3,(H,16,17)/t10-/m1/s1. The maximum atomic E-state index is 11.9. The number of hydrogen-bond acceptors (Lipinski definition) is 3. The Morgan fingerprint density at radius 1 is 1.56 bits per heavy atom. The van der Waals surface area contributed by atoms with Crippen LogP contribution >= 0.6 is 0 Å². The fraction of sp³-hybridized carbons (Fsp3) is 0.500. The van der Waals surface area contributed by atoms with Crippen LogP contribution in [0, 0.1) is 5.92 Å². The third-order valence-electron chi connectivity index (χ3n) is 3.18. The first-order chi connectivity index (χ1) is 8.70. The molecule has 1 heterocycles. The van der Waals surface area contributed by atoms with Gasteiger partial charge >= 0.3 is 0 Å². The summed E-state index contributed by atoms with van der Waals surface area (Å²) in [5, 5.41) is 6.28. The topological polar surface area (TPSA) is 50.4 Å². The largest absolute Gasteiger partial charge is 0.385 e. The van der Waals surface area contributed by atoms with Gasteiger partial charge in [0, 0.05) is 25.0 Å². The van der Waals surface area contributed by atoms with E-state index < -0.39 is 0 Å². The minimum atomic E-state index is -0.135. The molecule has 18 heavy (non-hydrogen) atoms. The fourth-order valence-corrected chi connectivity index (χ4v) is 2.14. The maximum absolute atomic E-state index is 11.9. The average Bonchev–Trinajstić information content (AvgIpc) is 2.39. The Balaban J connectivity index is 2.03. The summed E-state index contributed by atoms with van der Waals surface area (Å²) in [5.41, 5.74) is 3.33. The van der Waals surface area contributed by atoms with E-state index in [2.05, 4.69) is 16.7 Å². The minimum absolute atomic E-state index is 0.000527. The molecule has 1 aromatic rings. The molecule has 1 amide bonds. The number of rotatable bonds is 4. The van der Waals surface area contributed by atoms with Crippen LogP contribution in [-0.2, 0) is 16.0 Å². The van der Waals surface area contributed by atoms with Gasteiger partial charge in [-0.1, -0.05) is 6.92 Å². The zero-order valence-corrected chi connectivity index (χ0v) is 11.0. The molecule has 1 aromatic carbocycles. The molecule has 0 saturated heterocycles. The first kappa shape index (κ1) is 12.9. The molecule has 2 N–H and O–H groups in total. The van der Waals surface area contributed by atoms with Gasteiger partial charge in [0.25, 0.3) is 0 Å². The van der Waals surface area contributed by atoms with Gasteiger partial charge in [0.1, 0.15) is 0 Å². The second-order valence-electron chi connectivity index (χ2n) is 4.75. The zero-order chi connectivity index (χ0) is 13.0. The predicted molar refractivity (Wildman–Crippen MR) is 72.9 cm³/mol. The summed E-state index contributed by atoms with van der Waals surface area (Å²) < 4.78 is 4.98. The molecule has 1 atom stereocenters. The van der Waals surface area contributed by atoms with Crippen molar-refractivity contribution in [3.8, 4) is 0 Å². The van der Waals surface area contributed by atoms with Crippen molar-refractivity contribution in [2.24, 2.45) is 5.92 Å². The molecule has 1 aliphatic rings. The Bertz CT molecular complexity index is 432. The molecule has 0 saturated carbocycles. The third kappa shape index (κ3) is 3.01. The monoisotopic (exact) mass is 248 g/mol. The van der Waals surface area contributed by atoms with Gasteiger partial charge < -0.3 is 15.4 Å². The van der Waals surface area contributed by atoms with Crippen molar-refractivity contribution in [2.45, 2.75) is 19.8 Å². The highest BCUT2D eigenvalue weighted by Crippen LogP contribution is 2.25. The highest BCUT2D eigenvalue weighted by atomic mass is 16.5. The third-order valence-corrected chi connectivity index (χ3v) is 3.18. The van der Waals surface area contributed by atoms with Gasteiger partial charge in [-0.15, -0.1) is 0 Å². The van der Waals surface area contributed by atoms with Gasteiger partial charge in [0.15, 0.2) is 0 Å². The van der Waals surface area contributed by atoms with Crippen LogP contribution in [-0.4, -0.2) is 26.2 Å². The Labute approximate surface area is 108 Å². The van der Waals surface area contributed by atoms with Crippen LogP contribution in [0.5, 0.6) is 0 Å². The number of methoxy groups -OCH3 is 1. The number of nitrogens with one attached hydrogen (secondary N) is 2. The molecule has 98 valence electrons. The van der Waals surface area contributed by atoms with E-state index in [1.54, 1.807) is 7.11 Å². The normalized spacial score (nSPS) is 15.4. The predicted octanol–water partition coefficient (Wildman–Crippen LogP) is 2.27. The van der Waals surface area contributed by atoms with Gasteiger partial charge in [-0.3, -0.25) is 4.79 Å². The van der Waals surface area contributed by atoms with Gasteiger partial charge in [0.2, 0.25) is 5.91 Å². The summed E-state index contributed by atoms with van der Waals surface area (Å²) in [7, 11) is 1.61. The highest BCUT2D eigenvalue weighted by Gasteiger charge is 2.14. The van der Waals surface area contributed by atoms with E-state index in [-0.39, 0.29) is 11.8 Å². The molecule has 2 rings (SSSR count). The first-order valence-corrected chi connectivity index (χ1v) is 6.37. The number of amides is 1. The number of anilines is 2. The van der Waals surface area contributed by atoms with E-state index in [4.69, 9.17) is 4.74 Å². The molecular formula is C14H20N2O2. The van der Waals surface area contributed by atoms with E-state index in [9.17, 15) is 4.79 Å². The van der Waals surface area contributed by atoms with E-state index in [1.807, 2.05) is 19.1 Å². The van der Waals surface area contributed by atoms with Crippen LogP contribution in [0.15, 0.2) is 18.2 Å². The lowest BCUT2D eigenvalue weighted by Crippen LogP contribution is -2.24. The van der Waals surface area contributed by atoms with Crippen LogP contribution in [0.25, 0.3) is 0 Å². The Morgan fingerprint density at radius 2 is 2.39 bits per heavy atom. The Hall–Kier alpha value is -1.55. The van der Waals surface area contributed by atoms with Gasteiger partial charge in [0.05, 0.1) is 12.5 Å². The molecule has 0 bridgehead atoms. The zero-order valence-electron chi connectivity index (χ0n) is 11.0. The summed E-state index contributed by atoms with van der Waals surface area (Å²) >= 11 is 0. The van der Waals surface area contributed by atoms with Crippen LogP contribution < -0.4 is 10.6 Å². The first-order valence-electron chi connectivity index (χ1n) is 6.37. The second-order valence-corrected chi connectivity index (χ2v) is 4.75. The number of fused-ring (bicyclic) bond motifs is 1. The molecule has 0 fully saturated rings. The number of aryl methyl sites for hydroxylation is 1. The number of ether oxygens (including phenoxy) is 1. The molecule has 4 nitrogen and oxygen atoms in total. The van der Waals surface area contributed by atoms with E-state index in [0.717, 1.165) is 25.1 Å². The van der Waals surface area contributed by atoms with Crippen molar-refractivity contribution in [1.82, 2.24) is 0 Å². The Morgan fingerprint density at radius 3 is 3.17 bits per heavy atom. The molecule has 0 aromatic heterocycles. The lowest BCUT2D eigenvalue weighted by atomic mass is 10.0. The number of carbonyl (C=O) groups excluding carboxylic acids is 1. The van der Waals surface area contributed by atoms with E-state index >= 15 is 0 Å². The smallest absolute Gasteiger partial charge is 0.229 e. The lowest BCUT2D eigenvalue weighted by molar-refractivity contribution is -0.120. The van der Waals surface area contributed by atoms with Crippen LogP contribution in [0.2, 0.25) is 0 Å². The van der Waals surface area contributed by atoms with Crippen molar-refractivity contribution < 1.29 is 9.53 Å². The Kier molecular flexibility index (Phi) is 4.20. The highest BCUT2D eigenvalue weighted by molar-refractivity contribution is 5.92. The average molecular weight is 248 g/mol. The molecule has 0 unspecified atom stereocenters. The molecule has 4 heteroatoms. The molecule has 0 spiro atoms. The SMILES string of the molecule is COC[C@@H](C)C(=O)Nc1ccc2c(c1)CCCN2. The molecule has 1 aliphatic heterocycles.